The molecule has 0 bridgehead atoms. The van der Waals surface area contributed by atoms with E-state index in [-0.39, 0.29) is 0 Å². The van der Waals surface area contributed by atoms with Gasteiger partial charge in [0.15, 0.2) is 0 Å². The zero-order chi connectivity index (χ0) is 30.1. The van der Waals surface area contributed by atoms with Crippen LogP contribution in [0.4, 0.5) is 17.1 Å². The lowest BCUT2D eigenvalue weighted by molar-refractivity contribution is 0.0544. The molecule has 1 heterocycles. The Bertz CT molecular complexity index is 1840. The van der Waals surface area contributed by atoms with Crippen LogP contribution in [-0.4, -0.2) is 33.5 Å². The highest BCUT2D eigenvalue weighted by molar-refractivity contribution is 5.96. The number of fused-ring (bicyclic) bond motifs is 9. The summed E-state index contributed by atoms with van der Waals surface area (Å²) < 4.78 is 16.5. The third-order valence-electron chi connectivity index (χ3n) is 8.52. The Morgan fingerprint density at radius 2 is 1.16 bits per heavy atom. The molecule has 5 aromatic carbocycles. The van der Waals surface area contributed by atoms with Crippen molar-refractivity contribution in [3.05, 3.63) is 143 Å². The van der Waals surface area contributed by atoms with Crippen LogP contribution in [0.5, 0.6) is 5.75 Å². The van der Waals surface area contributed by atoms with Crippen molar-refractivity contribution < 1.29 is 14.2 Å². The number of ether oxygens (including phenoxy) is 3. The lowest BCUT2D eigenvalue weighted by atomic mass is 9.64. The Kier molecular flexibility index (Phi) is 7.08. The fraction of sp³-hybridized carbons (Fsp3) is 0.158. The zero-order valence-corrected chi connectivity index (χ0v) is 24.3. The number of nitrogens with zero attached hydrogens (tertiary/aromatic N) is 3. The van der Waals surface area contributed by atoms with Crippen molar-refractivity contribution in [2.24, 2.45) is 0 Å². The van der Waals surface area contributed by atoms with Crippen molar-refractivity contribution in [1.82, 2.24) is 0 Å². The third-order valence-corrected chi connectivity index (χ3v) is 8.52. The molecule has 214 valence electrons. The van der Waals surface area contributed by atoms with E-state index < -0.39 is 5.41 Å². The topological polar surface area (TPSA) is 78.5 Å². The van der Waals surface area contributed by atoms with Crippen molar-refractivity contribution >= 4 is 17.1 Å². The summed E-state index contributed by atoms with van der Waals surface area (Å²) in [6.07, 6.45) is 0. The maximum atomic E-state index is 9.94. The first-order valence-corrected chi connectivity index (χ1v) is 14.6. The summed E-state index contributed by atoms with van der Waals surface area (Å²) in [4.78, 5) is 2.29. The minimum Gasteiger partial charge on any atom is -0.491 e. The Balaban J connectivity index is 1.38. The molecular formula is C38H29N3O3. The van der Waals surface area contributed by atoms with Crippen molar-refractivity contribution in [2.75, 3.05) is 38.4 Å². The van der Waals surface area contributed by atoms with E-state index in [4.69, 9.17) is 14.2 Å². The molecular weight excluding hydrogens is 546 g/mol. The molecule has 0 amide bonds. The molecule has 44 heavy (non-hydrogen) atoms. The summed E-state index contributed by atoms with van der Waals surface area (Å²) in [5, 5.41) is 19.9. The molecule has 0 fully saturated rings. The Hall–Kier alpha value is -5.40. The van der Waals surface area contributed by atoms with Gasteiger partial charge in [0.25, 0.3) is 0 Å². The standard InChI is InChI=1S/C38H29N3O3/c1-42-18-19-43-20-21-44-29-14-12-28(13-15-29)41-36-8-4-2-6-32(36)38(33-7-3-5-9-37(33)41)34-22-26(24-39)10-16-30(34)31-17-11-27(25-40)23-35(31)38/h2-17,22-23H,18-21H2,1H3. The molecule has 0 radical (unpaired) electrons. The van der Waals surface area contributed by atoms with Crippen LogP contribution < -0.4 is 9.64 Å². The van der Waals surface area contributed by atoms with Crippen LogP contribution in [0.15, 0.2) is 109 Å². The summed E-state index contributed by atoms with van der Waals surface area (Å²) in [6.45, 7) is 2.04. The van der Waals surface area contributed by atoms with Gasteiger partial charge in [0.2, 0.25) is 0 Å². The van der Waals surface area contributed by atoms with Crippen LogP contribution in [0.2, 0.25) is 0 Å². The number of hydrogen-bond donors (Lipinski definition) is 0. The number of nitriles is 2. The molecule has 1 aliphatic carbocycles. The monoisotopic (exact) mass is 575 g/mol. The van der Waals surface area contributed by atoms with Crippen molar-refractivity contribution in [1.29, 1.82) is 10.5 Å². The predicted octanol–water partition coefficient (Wildman–Crippen LogP) is 7.62. The van der Waals surface area contributed by atoms with E-state index in [1.807, 2.05) is 48.5 Å². The molecule has 0 N–H and O–H groups in total. The van der Waals surface area contributed by atoms with Gasteiger partial charge < -0.3 is 19.1 Å². The van der Waals surface area contributed by atoms with Gasteiger partial charge in [0.1, 0.15) is 12.4 Å². The van der Waals surface area contributed by atoms with Crippen molar-refractivity contribution in [3.63, 3.8) is 0 Å². The van der Waals surface area contributed by atoms with Gasteiger partial charge in [-0.1, -0.05) is 48.5 Å². The number of methoxy groups -OCH3 is 1. The molecule has 6 nitrogen and oxygen atoms in total. The van der Waals surface area contributed by atoms with Crippen LogP contribution in [0.3, 0.4) is 0 Å². The molecule has 5 aromatic rings. The number of rotatable bonds is 8. The second kappa shape index (κ2) is 11.4. The Labute approximate surface area is 256 Å². The molecule has 7 rings (SSSR count). The van der Waals surface area contributed by atoms with Gasteiger partial charge in [-0.15, -0.1) is 0 Å². The first-order chi connectivity index (χ1) is 21.7. The minimum atomic E-state index is -0.708. The van der Waals surface area contributed by atoms with Crippen molar-refractivity contribution in [3.8, 4) is 29.0 Å². The van der Waals surface area contributed by atoms with Crippen LogP contribution in [0.25, 0.3) is 11.1 Å². The highest BCUT2D eigenvalue weighted by Gasteiger charge is 2.51. The zero-order valence-electron chi connectivity index (χ0n) is 24.3. The lowest BCUT2D eigenvalue weighted by Gasteiger charge is -2.45. The summed E-state index contributed by atoms with van der Waals surface area (Å²) in [6, 6.07) is 41.6. The molecule has 1 aliphatic heterocycles. The van der Waals surface area contributed by atoms with Crippen LogP contribution in [0.1, 0.15) is 33.4 Å². The van der Waals surface area contributed by atoms with Crippen molar-refractivity contribution in [2.45, 2.75) is 5.41 Å². The van der Waals surface area contributed by atoms with E-state index in [1.165, 1.54) is 0 Å². The average molecular weight is 576 g/mol. The highest BCUT2D eigenvalue weighted by Crippen LogP contribution is 2.63. The van der Waals surface area contributed by atoms with E-state index in [0.29, 0.717) is 37.6 Å². The van der Waals surface area contributed by atoms with Gasteiger partial charge in [0, 0.05) is 12.8 Å². The van der Waals surface area contributed by atoms with Gasteiger partial charge >= 0.3 is 0 Å². The maximum Gasteiger partial charge on any atom is 0.119 e. The van der Waals surface area contributed by atoms with Gasteiger partial charge in [-0.2, -0.15) is 10.5 Å². The SMILES string of the molecule is COCCOCCOc1ccc(N2c3ccccc3C3(c4cc(C#N)ccc4-c4ccc(C#N)cc43)c3ccccc32)cc1. The van der Waals surface area contributed by atoms with E-state index >= 15 is 0 Å². The lowest BCUT2D eigenvalue weighted by Crippen LogP contribution is -2.36. The normalized spacial score (nSPS) is 13.3. The quantitative estimate of drug-likeness (QED) is 0.174. The van der Waals surface area contributed by atoms with Crippen LogP contribution in [0, 0.1) is 22.7 Å². The van der Waals surface area contributed by atoms with Gasteiger partial charge in [-0.25, -0.2) is 0 Å². The fourth-order valence-electron chi connectivity index (χ4n) is 6.72. The van der Waals surface area contributed by atoms with E-state index in [1.54, 1.807) is 7.11 Å². The predicted molar refractivity (Wildman–Crippen MR) is 170 cm³/mol. The smallest absolute Gasteiger partial charge is 0.119 e. The molecule has 6 heteroatoms. The van der Waals surface area contributed by atoms with Crippen LogP contribution in [-0.2, 0) is 14.9 Å². The molecule has 0 saturated carbocycles. The van der Waals surface area contributed by atoms with Gasteiger partial charge in [0.05, 0.1) is 59.9 Å². The number of anilines is 3. The largest absolute Gasteiger partial charge is 0.491 e. The minimum absolute atomic E-state index is 0.454. The Morgan fingerprint density at radius 3 is 1.70 bits per heavy atom. The maximum absolute atomic E-state index is 9.94. The third kappa shape index (κ3) is 4.24. The molecule has 0 atom stereocenters. The van der Waals surface area contributed by atoms with Gasteiger partial charge in [-0.05, 0) is 94.0 Å². The van der Waals surface area contributed by atoms with E-state index in [2.05, 4.69) is 77.7 Å². The summed E-state index contributed by atoms with van der Waals surface area (Å²) >= 11 is 0. The molecule has 0 aromatic heterocycles. The Morgan fingerprint density at radius 1 is 0.614 bits per heavy atom. The molecule has 0 unspecified atom stereocenters. The number of hydrogen-bond acceptors (Lipinski definition) is 6. The summed E-state index contributed by atoms with van der Waals surface area (Å²) in [5.74, 6) is 0.769. The van der Waals surface area contributed by atoms with Crippen LogP contribution >= 0.6 is 0 Å². The van der Waals surface area contributed by atoms with Gasteiger partial charge in [-0.3, -0.25) is 0 Å². The number of para-hydroxylation sites is 2. The second-order valence-electron chi connectivity index (χ2n) is 10.8. The van der Waals surface area contributed by atoms with E-state index in [0.717, 1.165) is 56.2 Å². The summed E-state index contributed by atoms with van der Waals surface area (Å²) in [5.41, 5.74) is 10.0. The molecule has 1 spiro atoms. The van der Waals surface area contributed by atoms with E-state index in [9.17, 15) is 10.5 Å². The highest BCUT2D eigenvalue weighted by atomic mass is 16.5. The first kappa shape index (κ1) is 27.4. The molecule has 2 aliphatic rings. The molecule has 0 saturated heterocycles. The number of benzene rings is 5. The fourth-order valence-corrected chi connectivity index (χ4v) is 6.72. The summed E-state index contributed by atoms with van der Waals surface area (Å²) in [7, 11) is 1.65. The first-order valence-electron chi connectivity index (χ1n) is 14.6. The average Bonchev–Trinajstić information content (AvgIpc) is 3.36. The second-order valence-corrected chi connectivity index (χ2v) is 10.8.